The lowest BCUT2D eigenvalue weighted by atomic mass is 10.2. The van der Waals surface area contributed by atoms with Gasteiger partial charge in [0.15, 0.2) is 5.69 Å². The molecule has 24 heavy (non-hydrogen) atoms. The molecule has 1 aromatic carbocycles. The number of amides is 1. The summed E-state index contributed by atoms with van der Waals surface area (Å²) in [4.78, 5) is 29.9. The molecule has 0 atom stereocenters. The van der Waals surface area contributed by atoms with Gasteiger partial charge in [0.25, 0.3) is 5.91 Å². The van der Waals surface area contributed by atoms with Crippen LogP contribution in [-0.2, 0) is 11.2 Å². The van der Waals surface area contributed by atoms with Gasteiger partial charge in [0, 0.05) is 13.2 Å². The first-order valence-electron chi connectivity index (χ1n) is 7.62. The molecular formula is C17H19N3O4. The van der Waals surface area contributed by atoms with Crippen LogP contribution in [0.2, 0.25) is 0 Å². The fourth-order valence-electron chi connectivity index (χ4n) is 1.96. The standard InChI is InChI=1S/C17H19N3O4/c21-16(14-11-20-15(12-19-14)17(22)23)18-8-4-9-24-10-7-13-5-2-1-3-6-13/h1-3,5-6,11-12H,4,7-10H2,(H,18,21)(H,22,23). The lowest BCUT2D eigenvalue weighted by Gasteiger charge is -2.06. The molecule has 0 spiro atoms. The van der Waals surface area contributed by atoms with Gasteiger partial charge in [0.05, 0.1) is 19.0 Å². The van der Waals surface area contributed by atoms with Crippen LogP contribution in [0.15, 0.2) is 42.7 Å². The summed E-state index contributed by atoms with van der Waals surface area (Å²) >= 11 is 0. The first-order chi connectivity index (χ1) is 11.7. The van der Waals surface area contributed by atoms with Gasteiger partial charge in [0.1, 0.15) is 5.69 Å². The largest absolute Gasteiger partial charge is 0.476 e. The van der Waals surface area contributed by atoms with Gasteiger partial charge in [-0.1, -0.05) is 30.3 Å². The number of nitrogens with zero attached hydrogens (tertiary/aromatic N) is 2. The van der Waals surface area contributed by atoms with Gasteiger partial charge in [-0.25, -0.2) is 14.8 Å². The second kappa shape index (κ2) is 9.36. The van der Waals surface area contributed by atoms with Crippen molar-refractivity contribution >= 4 is 11.9 Å². The Labute approximate surface area is 139 Å². The monoisotopic (exact) mass is 329 g/mol. The van der Waals surface area contributed by atoms with E-state index in [1.54, 1.807) is 0 Å². The van der Waals surface area contributed by atoms with Crippen LogP contribution in [-0.4, -0.2) is 46.7 Å². The molecule has 2 rings (SSSR count). The zero-order chi connectivity index (χ0) is 17.2. The number of carboxylic acid groups (broad SMARTS) is 1. The molecule has 126 valence electrons. The van der Waals surface area contributed by atoms with Crippen LogP contribution < -0.4 is 5.32 Å². The van der Waals surface area contributed by atoms with Gasteiger partial charge in [-0.3, -0.25) is 4.79 Å². The van der Waals surface area contributed by atoms with Gasteiger partial charge in [-0.2, -0.15) is 0 Å². The van der Waals surface area contributed by atoms with Crippen molar-refractivity contribution in [1.29, 1.82) is 0 Å². The Morgan fingerprint density at radius 1 is 1.04 bits per heavy atom. The third-order valence-corrected chi connectivity index (χ3v) is 3.23. The maximum Gasteiger partial charge on any atom is 0.356 e. The Morgan fingerprint density at radius 3 is 2.42 bits per heavy atom. The molecule has 7 nitrogen and oxygen atoms in total. The molecule has 0 bridgehead atoms. The van der Waals surface area contributed by atoms with E-state index in [9.17, 15) is 9.59 Å². The number of benzene rings is 1. The summed E-state index contributed by atoms with van der Waals surface area (Å²) in [6, 6.07) is 10.1. The summed E-state index contributed by atoms with van der Waals surface area (Å²) in [5, 5.41) is 11.4. The zero-order valence-corrected chi connectivity index (χ0v) is 13.1. The molecule has 1 aromatic heterocycles. The number of nitrogens with one attached hydrogen (secondary N) is 1. The molecule has 0 fully saturated rings. The number of carbonyl (C=O) groups excluding carboxylic acids is 1. The fourth-order valence-corrected chi connectivity index (χ4v) is 1.96. The molecular weight excluding hydrogens is 310 g/mol. The molecule has 1 amide bonds. The third-order valence-electron chi connectivity index (χ3n) is 3.23. The van der Waals surface area contributed by atoms with Crippen LogP contribution >= 0.6 is 0 Å². The normalized spacial score (nSPS) is 10.3. The van der Waals surface area contributed by atoms with Gasteiger partial charge in [-0.05, 0) is 18.4 Å². The van der Waals surface area contributed by atoms with Crippen LogP contribution in [0.1, 0.15) is 33.0 Å². The van der Waals surface area contributed by atoms with E-state index in [0.29, 0.717) is 26.2 Å². The Balaban J connectivity index is 1.58. The summed E-state index contributed by atoms with van der Waals surface area (Å²) in [6.45, 7) is 1.64. The number of carboxylic acids is 1. The number of hydrogen-bond donors (Lipinski definition) is 2. The molecule has 0 radical (unpaired) electrons. The molecule has 0 unspecified atom stereocenters. The van der Waals surface area contributed by atoms with Crippen molar-refractivity contribution in [2.75, 3.05) is 19.8 Å². The van der Waals surface area contributed by atoms with Gasteiger partial charge >= 0.3 is 5.97 Å². The topological polar surface area (TPSA) is 101 Å². The van der Waals surface area contributed by atoms with Crippen molar-refractivity contribution in [1.82, 2.24) is 15.3 Å². The van der Waals surface area contributed by atoms with Gasteiger partial charge < -0.3 is 15.2 Å². The fraction of sp³-hybridized carbons (Fsp3) is 0.294. The average Bonchev–Trinajstić information content (AvgIpc) is 2.61. The van der Waals surface area contributed by atoms with E-state index in [0.717, 1.165) is 18.8 Å². The highest BCUT2D eigenvalue weighted by molar-refractivity contribution is 5.92. The second-order valence-corrected chi connectivity index (χ2v) is 5.05. The Bertz CT molecular complexity index is 659. The minimum absolute atomic E-state index is 0.0880. The number of hydrogen-bond acceptors (Lipinski definition) is 5. The van der Waals surface area contributed by atoms with Gasteiger partial charge in [-0.15, -0.1) is 0 Å². The molecule has 1 heterocycles. The summed E-state index contributed by atoms with van der Waals surface area (Å²) in [7, 11) is 0. The van der Waals surface area contributed by atoms with E-state index in [1.165, 1.54) is 5.56 Å². The Hall–Kier alpha value is -2.80. The maximum absolute atomic E-state index is 11.8. The lowest BCUT2D eigenvalue weighted by molar-refractivity contribution is 0.0689. The molecule has 0 saturated carbocycles. The van der Waals surface area contributed by atoms with E-state index in [1.807, 2.05) is 18.2 Å². The number of aromatic nitrogens is 2. The smallest absolute Gasteiger partial charge is 0.356 e. The number of aromatic carboxylic acids is 1. The molecule has 0 aliphatic rings. The quantitative estimate of drug-likeness (QED) is 0.677. The van der Waals surface area contributed by atoms with Crippen molar-refractivity contribution in [3.63, 3.8) is 0 Å². The minimum atomic E-state index is -1.18. The van der Waals surface area contributed by atoms with E-state index >= 15 is 0 Å². The lowest BCUT2D eigenvalue weighted by Crippen LogP contribution is -2.26. The summed E-state index contributed by atoms with van der Waals surface area (Å²) in [5.41, 5.74) is 1.12. The second-order valence-electron chi connectivity index (χ2n) is 5.05. The first-order valence-corrected chi connectivity index (χ1v) is 7.62. The van der Waals surface area contributed by atoms with Crippen molar-refractivity contribution < 1.29 is 19.4 Å². The highest BCUT2D eigenvalue weighted by Gasteiger charge is 2.10. The van der Waals surface area contributed by atoms with E-state index < -0.39 is 5.97 Å². The van der Waals surface area contributed by atoms with Crippen LogP contribution in [0.4, 0.5) is 0 Å². The molecule has 2 N–H and O–H groups in total. The minimum Gasteiger partial charge on any atom is -0.476 e. The van der Waals surface area contributed by atoms with Crippen molar-refractivity contribution in [3.8, 4) is 0 Å². The average molecular weight is 329 g/mol. The third kappa shape index (κ3) is 5.77. The molecule has 0 aliphatic carbocycles. The van der Waals surface area contributed by atoms with Crippen LogP contribution in [0.5, 0.6) is 0 Å². The van der Waals surface area contributed by atoms with E-state index in [4.69, 9.17) is 9.84 Å². The highest BCUT2D eigenvalue weighted by Crippen LogP contribution is 2.00. The van der Waals surface area contributed by atoms with Gasteiger partial charge in [0.2, 0.25) is 0 Å². The van der Waals surface area contributed by atoms with Crippen molar-refractivity contribution in [3.05, 3.63) is 59.7 Å². The van der Waals surface area contributed by atoms with E-state index in [2.05, 4.69) is 27.4 Å². The predicted octanol–water partition coefficient (Wildman–Crippen LogP) is 1.55. The van der Waals surface area contributed by atoms with Crippen molar-refractivity contribution in [2.45, 2.75) is 12.8 Å². The maximum atomic E-state index is 11.8. The summed E-state index contributed by atoms with van der Waals surface area (Å²) < 4.78 is 5.52. The molecule has 0 aliphatic heterocycles. The molecule has 2 aromatic rings. The Kier molecular flexibility index (Phi) is 6.85. The molecule has 0 saturated heterocycles. The van der Waals surface area contributed by atoms with Crippen molar-refractivity contribution in [2.24, 2.45) is 0 Å². The zero-order valence-electron chi connectivity index (χ0n) is 13.1. The Morgan fingerprint density at radius 2 is 1.75 bits per heavy atom. The number of carbonyl (C=O) groups is 2. The predicted molar refractivity (Wildman–Crippen MR) is 86.9 cm³/mol. The number of rotatable bonds is 9. The summed E-state index contributed by atoms with van der Waals surface area (Å²) in [5.74, 6) is -1.56. The van der Waals surface area contributed by atoms with E-state index in [-0.39, 0.29) is 17.3 Å². The molecule has 7 heteroatoms. The SMILES string of the molecule is O=C(O)c1cnc(C(=O)NCCCOCCc2ccccc2)cn1. The first kappa shape index (κ1) is 17.6. The van der Waals surface area contributed by atoms with Crippen LogP contribution in [0, 0.1) is 0 Å². The highest BCUT2D eigenvalue weighted by atomic mass is 16.5. The van der Waals surface area contributed by atoms with Crippen LogP contribution in [0.25, 0.3) is 0 Å². The summed E-state index contributed by atoms with van der Waals surface area (Å²) in [6.07, 6.45) is 3.75. The van der Waals surface area contributed by atoms with Crippen LogP contribution in [0.3, 0.4) is 0 Å². The number of ether oxygens (including phenoxy) is 1.